The van der Waals surface area contributed by atoms with E-state index in [1.54, 1.807) is 30.3 Å². The summed E-state index contributed by atoms with van der Waals surface area (Å²) in [6, 6.07) is 8.38. The van der Waals surface area contributed by atoms with Crippen LogP contribution in [0.5, 0.6) is 0 Å². The van der Waals surface area contributed by atoms with Crippen molar-refractivity contribution in [3.05, 3.63) is 30.3 Å². The summed E-state index contributed by atoms with van der Waals surface area (Å²) < 4.78 is 29.0. The fourth-order valence-electron chi connectivity index (χ4n) is 0.884. The topological polar surface area (TPSA) is 83.5 Å². The Kier molecular flexibility index (Phi) is 3.21. The molecular weight excluding hydrogens is 206 g/mol. The molecule has 0 atom stereocenters. The van der Waals surface area contributed by atoms with Crippen molar-refractivity contribution < 1.29 is 17.8 Å². The molecule has 1 aromatic rings. The smallest absolute Gasteiger partial charge is 0.274 e. The Morgan fingerprint density at radius 3 is 2.36 bits per heavy atom. The molecule has 0 aliphatic rings. The van der Waals surface area contributed by atoms with Crippen LogP contribution in [0, 0.1) is 0 Å². The molecule has 0 bridgehead atoms. The molecule has 0 aliphatic carbocycles. The molecule has 0 saturated carbocycles. The monoisotopic (exact) mass is 215 g/mol. The lowest BCUT2D eigenvalue weighted by molar-refractivity contribution is -0.113. The normalized spacial score (nSPS) is 10.9. The van der Waals surface area contributed by atoms with Gasteiger partial charge in [-0.25, -0.2) is 0 Å². The Bertz CT molecular complexity index is 412. The number of hydrogen-bond acceptors (Lipinski definition) is 3. The third kappa shape index (κ3) is 4.01. The van der Waals surface area contributed by atoms with Gasteiger partial charge < -0.3 is 5.32 Å². The first-order valence-corrected chi connectivity index (χ1v) is 5.38. The van der Waals surface area contributed by atoms with E-state index in [0.717, 1.165) is 0 Å². The van der Waals surface area contributed by atoms with Crippen molar-refractivity contribution in [1.82, 2.24) is 0 Å². The van der Waals surface area contributed by atoms with Gasteiger partial charge >= 0.3 is 0 Å². The predicted molar refractivity (Wildman–Crippen MR) is 51.5 cm³/mol. The number of rotatable bonds is 3. The first-order valence-electron chi connectivity index (χ1n) is 3.77. The Labute approximate surface area is 81.5 Å². The zero-order chi connectivity index (χ0) is 10.6. The maximum Gasteiger partial charge on any atom is 0.274 e. The predicted octanol–water partition coefficient (Wildman–Crippen LogP) is 0.513. The highest BCUT2D eigenvalue weighted by Gasteiger charge is 2.12. The second kappa shape index (κ2) is 4.21. The van der Waals surface area contributed by atoms with Crippen LogP contribution in [0.15, 0.2) is 30.3 Å². The van der Waals surface area contributed by atoms with Gasteiger partial charge in [-0.1, -0.05) is 18.2 Å². The number of carbonyl (C=O) groups is 1. The minimum absolute atomic E-state index is 0.487. The van der Waals surface area contributed by atoms with E-state index in [-0.39, 0.29) is 0 Å². The number of anilines is 1. The summed E-state index contributed by atoms with van der Waals surface area (Å²) in [5, 5.41) is 2.32. The first kappa shape index (κ1) is 10.7. The molecule has 0 aliphatic heterocycles. The van der Waals surface area contributed by atoms with E-state index in [1.165, 1.54) is 0 Å². The van der Waals surface area contributed by atoms with Crippen LogP contribution >= 0.6 is 0 Å². The molecule has 1 rings (SSSR count). The maximum absolute atomic E-state index is 11.0. The fraction of sp³-hybridized carbons (Fsp3) is 0.125. The third-order valence-electron chi connectivity index (χ3n) is 1.37. The standard InChI is InChI=1S/C8H9NO4S/c10-8(6-14(11,12)13)9-7-4-2-1-3-5-7/h1-5H,6H2,(H,9,10)(H,11,12,13). The van der Waals surface area contributed by atoms with Gasteiger partial charge in [0.25, 0.3) is 10.1 Å². The molecule has 0 fully saturated rings. The lowest BCUT2D eigenvalue weighted by Crippen LogP contribution is -2.22. The molecule has 0 heterocycles. The highest BCUT2D eigenvalue weighted by Crippen LogP contribution is 2.04. The summed E-state index contributed by atoms with van der Waals surface area (Å²) in [4.78, 5) is 11.0. The Balaban J connectivity index is 2.59. The van der Waals surface area contributed by atoms with Gasteiger partial charge in [0.1, 0.15) is 0 Å². The summed E-state index contributed by atoms with van der Waals surface area (Å²) in [7, 11) is -4.26. The zero-order valence-corrected chi connectivity index (χ0v) is 7.99. The van der Waals surface area contributed by atoms with Gasteiger partial charge in [0.2, 0.25) is 5.91 Å². The molecule has 0 aromatic heterocycles. The average molecular weight is 215 g/mol. The Morgan fingerprint density at radius 2 is 1.86 bits per heavy atom. The van der Waals surface area contributed by atoms with Gasteiger partial charge in [0, 0.05) is 5.69 Å². The number of amides is 1. The van der Waals surface area contributed by atoms with Crippen LogP contribution in [-0.2, 0) is 14.9 Å². The molecule has 1 amide bonds. The molecule has 0 saturated heterocycles. The largest absolute Gasteiger partial charge is 0.325 e. The van der Waals surface area contributed by atoms with E-state index in [2.05, 4.69) is 5.32 Å². The number of benzene rings is 1. The number of hydrogen-bond donors (Lipinski definition) is 2. The SMILES string of the molecule is O=C(CS(=O)(=O)O)Nc1ccccc1. The molecule has 14 heavy (non-hydrogen) atoms. The fourth-order valence-corrected chi connectivity index (χ4v) is 1.29. The van der Waals surface area contributed by atoms with Crippen LogP contribution in [0.3, 0.4) is 0 Å². The average Bonchev–Trinajstić information content (AvgIpc) is 2.02. The van der Waals surface area contributed by atoms with Crippen molar-refractivity contribution in [3.8, 4) is 0 Å². The summed E-state index contributed by atoms with van der Waals surface area (Å²) in [6.45, 7) is 0. The number of carbonyl (C=O) groups excluding carboxylic acids is 1. The summed E-state index contributed by atoms with van der Waals surface area (Å²) in [5.41, 5.74) is 0.487. The van der Waals surface area contributed by atoms with Crippen molar-refractivity contribution in [2.75, 3.05) is 11.1 Å². The van der Waals surface area contributed by atoms with Crippen LogP contribution in [-0.4, -0.2) is 24.6 Å². The molecule has 76 valence electrons. The minimum atomic E-state index is -4.26. The Hall–Kier alpha value is -1.40. The molecule has 0 spiro atoms. The lowest BCUT2D eigenvalue weighted by Gasteiger charge is -2.02. The van der Waals surface area contributed by atoms with Crippen molar-refractivity contribution in [2.45, 2.75) is 0 Å². The summed E-state index contributed by atoms with van der Waals surface area (Å²) in [6.07, 6.45) is 0. The van der Waals surface area contributed by atoms with Crippen LogP contribution in [0.25, 0.3) is 0 Å². The summed E-state index contributed by atoms with van der Waals surface area (Å²) in [5.74, 6) is -1.69. The van der Waals surface area contributed by atoms with Gasteiger partial charge in [-0.05, 0) is 12.1 Å². The van der Waals surface area contributed by atoms with Gasteiger partial charge in [-0.3, -0.25) is 9.35 Å². The second-order valence-corrected chi connectivity index (χ2v) is 4.09. The van der Waals surface area contributed by atoms with E-state index in [4.69, 9.17) is 4.55 Å². The van der Waals surface area contributed by atoms with Crippen molar-refractivity contribution in [3.63, 3.8) is 0 Å². The first-order chi connectivity index (χ1) is 6.47. The molecule has 0 unspecified atom stereocenters. The molecule has 1 aromatic carbocycles. The zero-order valence-electron chi connectivity index (χ0n) is 7.17. The minimum Gasteiger partial charge on any atom is -0.325 e. The number of nitrogens with one attached hydrogen (secondary N) is 1. The van der Waals surface area contributed by atoms with Crippen molar-refractivity contribution >= 4 is 21.7 Å². The van der Waals surface area contributed by atoms with E-state index in [9.17, 15) is 13.2 Å². The van der Waals surface area contributed by atoms with Crippen molar-refractivity contribution in [2.24, 2.45) is 0 Å². The van der Waals surface area contributed by atoms with Crippen LogP contribution < -0.4 is 5.32 Å². The molecule has 6 heteroatoms. The van der Waals surface area contributed by atoms with E-state index < -0.39 is 21.8 Å². The van der Waals surface area contributed by atoms with E-state index in [1.807, 2.05) is 0 Å². The van der Waals surface area contributed by atoms with Crippen LogP contribution in [0.2, 0.25) is 0 Å². The quantitative estimate of drug-likeness (QED) is 0.720. The van der Waals surface area contributed by atoms with Gasteiger partial charge in [0.15, 0.2) is 5.75 Å². The molecule has 0 radical (unpaired) electrons. The highest BCUT2D eigenvalue weighted by molar-refractivity contribution is 7.86. The highest BCUT2D eigenvalue weighted by atomic mass is 32.2. The van der Waals surface area contributed by atoms with Crippen LogP contribution in [0.1, 0.15) is 0 Å². The van der Waals surface area contributed by atoms with E-state index >= 15 is 0 Å². The van der Waals surface area contributed by atoms with Crippen molar-refractivity contribution in [1.29, 1.82) is 0 Å². The molecule has 5 nitrogen and oxygen atoms in total. The molecule has 2 N–H and O–H groups in total. The maximum atomic E-state index is 11.0. The van der Waals surface area contributed by atoms with Crippen LogP contribution in [0.4, 0.5) is 5.69 Å². The number of para-hydroxylation sites is 1. The Morgan fingerprint density at radius 1 is 1.29 bits per heavy atom. The second-order valence-electron chi connectivity index (χ2n) is 2.64. The third-order valence-corrected chi connectivity index (χ3v) is 2.00. The van der Waals surface area contributed by atoms with Gasteiger partial charge in [0.05, 0.1) is 0 Å². The summed E-state index contributed by atoms with van der Waals surface area (Å²) >= 11 is 0. The van der Waals surface area contributed by atoms with E-state index in [0.29, 0.717) is 5.69 Å². The molecular formula is C8H9NO4S. The lowest BCUT2D eigenvalue weighted by atomic mass is 10.3. The van der Waals surface area contributed by atoms with Gasteiger partial charge in [-0.2, -0.15) is 8.42 Å². The van der Waals surface area contributed by atoms with Gasteiger partial charge in [-0.15, -0.1) is 0 Å².